The minimum atomic E-state index is -0.564. The Bertz CT molecular complexity index is 551. The number of carbonyl (C=O) groups excluding carboxylic acids is 1. The van der Waals surface area contributed by atoms with E-state index in [-0.39, 0.29) is 24.9 Å². The number of ether oxygens (including phenoxy) is 4. The lowest BCUT2D eigenvalue weighted by molar-refractivity contribution is -0.136. The smallest absolute Gasteiger partial charge is 0.227 e. The van der Waals surface area contributed by atoms with Gasteiger partial charge in [0.1, 0.15) is 17.2 Å². The molecule has 0 bridgehead atoms. The van der Waals surface area contributed by atoms with Crippen molar-refractivity contribution in [1.82, 2.24) is 5.32 Å². The molecule has 1 aliphatic rings. The summed E-state index contributed by atoms with van der Waals surface area (Å²) in [6, 6.07) is 3.52. The summed E-state index contributed by atoms with van der Waals surface area (Å²) in [6.45, 7) is 1.70. The third-order valence-corrected chi connectivity index (χ3v) is 4.57. The molecule has 0 spiro atoms. The Morgan fingerprint density at radius 1 is 1.16 bits per heavy atom. The monoisotopic (exact) mass is 374 g/mol. The SMILES string of the molecule is COc1cc(OC)c(CNC(=O)C2(CN)CCOCC2)c(OC)c1.Cl. The summed E-state index contributed by atoms with van der Waals surface area (Å²) in [6.07, 6.45) is 1.26. The first-order valence-corrected chi connectivity index (χ1v) is 7.95. The first kappa shape index (κ1) is 21.3. The summed E-state index contributed by atoms with van der Waals surface area (Å²) in [5.41, 5.74) is 6.07. The van der Waals surface area contributed by atoms with Gasteiger partial charge in [0.25, 0.3) is 0 Å². The molecule has 0 atom stereocenters. The fourth-order valence-corrected chi connectivity index (χ4v) is 2.89. The van der Waals surface area contributed by atoms with Gasteiger partial charge in [0.2, 0.25) is 5.91 Å². The number of nitrogens with one attached hydrogen (secondary N) is 1. The molecule has 0 aliphatic carbocycles. The lowest BCUT2D eigenvalue weighted by Crippen LogP contribution is -2.49. The Labute approximate surface area is 154 Å². The summed E-state index contributed by atoms with van der Waals surface area (Å²) >= 11 is 0. The molecule has 0 radical (unpaired) electrons. The molecule has 0 saturated carbocycles. The van der Waals surface area contributed by atoms with E-state index < -0.39 is 5.41 Å². The first-order valence-electron chi connectivity index (χ1n) is 7.95. The molecule has 0 aromatic heterocycles. The quantitative estimate of drug-likeness (QED) is 0.751. The number of amides is 1. The number of carbonyl (C=O) groups is 1. The van der Waals surface area contributed by atoms with Crippen molar-refractivity contribution >= 4 is 18.3 Å². The molecule has 142 valence electrons. The number of nitrogens with two attached hydrogens (primary N) is 1. The van der Waals surface area contributed by atoms with Crippen molar-refractivity contribution < 1.29 is 23.7 Å². The molecule has 1 heterocycles. The summed E-state index contributed by atoms with van der Waals surface area (Å²) in [5, 5.41) is 2.97. The molecule has 1 amide bonds. The van der Waals surface area contributed by atoms with Crippen LogP contribution in [0.4, 0.5) is 0 Å². The van der Waals surface area contributed by atoms with Crippen LogP contribution in [0.25, 0.3) is 0 Å². The maximum atomic E-state index is 12.7. The van der Waals surface area contributed by atoms with Crippen LogP contribution in [0.2, 0.25) is 0 Å². The van der Waals surface area contributed by atoms with Gasteiger partial charge in [-0.3, -0.25) is 4.79 Å². The molecule has 1 aromatic carbocycles. The van der Waals surface area contributed by atoms with Crippen LogP contribution in [0, 0.1) is 5.41 Å². The molecular formula is C17H27ClN2O5. The zero-order chi connectivity index (χ0) is 17.6. The van der Waals surface area contributed by atoms with Crippen LogP contribution in [-0.2, 0) is 16.1 Å². The third kappa shape index (κ3) is 4.68. The minimum absolute atomic E-state index is 0. The predicted molar refractivity (Wildman–Crippen MR) is 96.7 cm³/mol. The van der Waals surface area contributed by atoms with E-state index in [1.807, 2.05) is 0 Å². The zero-order valence-electron chi connectivity index (χ0n) is 14.9. The second-order valence-electron chi connectivity index (χ2n) is 5.79. The van der Waals surface area contributed by atoms with Gasteiger partial charge < -0.3 is 30.0 Å². The summed E-state index contributed by atoms with van der Waals surface area (Å²) in [4.78, 5) is 12.7. The van der Waals surface area contributed by atoms with Gasteiger partial charge in [-0.05, 0) is 12.8 Å². The van der Waals surface area contributed by atoms with Crippen molar-refractivity contribution in [3.8, 4) is 17.2 Å². The number of halogens is 1. The van der Waals surface area contributed by atoms with Crippen molar-refractivity contribution in [1.29, 1.82) is 0 Å². The average molecular weight is 375 g/mol. The summed E-state index contributed by atoms with van der Waals surface area (Å²) < 4.78 is 21.4. The molecule has 1 aliphatic heterocycles. The Morgan fingerprint density at radius 3 is 2.16 bits per heavy atom. The fraction of sp³-hybridized carbons (Fsp3) is 0.588. The van der Waals surface area contributed by atoms with Crippen LogP contribution in [0.15, 0.2) is 12.1 Å². The van der Waals surface area contributed by atoms with Crippen molar-refractivity contribution in [3.63, 3.8) is 0 Å². The molecule has 1 fully saturated rings. The van der Waals surface area contributed by atoms with Crippen LogP contribution >= 0.6 is 12.4 Å². The highest BCUT2D eigenvalue weighted by Crippen LogP contribution is 2.35. The van der Waals surface area contributed by atoms with E-state index in [2.05, 4.69) is 5.32 Å². The predicted octanol–water partition coefficient (Wildman–Crippen LogP) is 1.51. The molecule has 8 heteroatoms. The number of benzene rings is 1. The minimum Gasteiger partial charge on any atom is -0.496 e. The largest absolute Gasteiger partial charge is 0.496 e. The van der Waals surface area contributed by atoms with Gasteiger partial charge in [0.05, 0.1) is 38.9 Å². The molecule has 7 nitrogen and oxygen atoms in total. The highest BCUT2D eigenvalue weighted by molar-refractivity contribution is 5.85. The lowest BCUT2D eigenvalue weighted by atomic mass is 9.79. The first-order chi connectivity index (χ1) is 11.6. The van der Waals surface area contributed by atoms with E-state index in [1.54, 1.807) is 33.5 Å². The molecule has 3 N–H and O–H groups in total. The molecular weight excluding hydrogens is 348 g/mol. The van der Waals surface area contributed by atoms with Crippen molar-refractivity contribution in [3.05, 3.63) is 17.7 Å². The molecule has 25 heavy (non-hydrogen) atoms. The number of hydrogen-bond acceptors (Lipinski definition) is 6. The Hall–Kier alpha value is -1.70. The van der Waals surface area contributed by atoms with Crippen molar-refractivity contribution in [2.24, 2.45) is 11.1 Å². The number of methoxy groups -OCH3 is 3. The summed E-state index contributed by atoms with van der Waals surface area (Å²) in [5.74, 6) is 1.76. The van der Waals surface area contributed by atoms with Crippen LogP contribution in [0.3, 0.4) is 0 Å². The van der Waals surface area contributed by atoms with E-state index in [0.717, 1.165) is 5.56 Å². The molecule has 2 rings (SSSR count). The molecule has 1 saturated heterocycles. The van der Waals surface area contributed by atoms with Gasteiger partial charge in [-0.15, -0.1) is 12.4 Å². The maximum absolute atomic E-state index is 12.7. The number of hydrogen-bond donors (Lipinski definition) is 2. The van der Waals surface area contributed by atoms with Gasteiger partial charge in [-0.25, -0.2) is 0 Å². The average Bonchev–Trinajstić information content (AvgIpc) is 2.65. The Balaban J connectivity index is 0.00000312. The Kier molecular flexibility index (Phi) is 8.28. The van der Waals surface area contributed by atoms with Crippen molar-refractivity contribution in [2.75, 3.05) is 41.1 Å². The van der Waals surface area contributed by atoms with E-state index in [4.69, 9.17) is 24.7 Å². The highest BCUT2D eigenvalue weighted by atomic mass is 35.5. The Morgan fingerprint density at radius 2 is 1.72 bits per heavy atom. The second-order valence-corrected chi connectivity index (χ2v) is 5.79. The van der Waals surface area contributed by atoms with E-state index >= 15 is 0 Å². The standard InChI is InChI=1S/C17H26N2O5.ClH/c1-21-12-8-14(22-2)13(15(9-12)23-3)10-19-16(20)17(11-18)4-6-24-7-5-17;/h8-9H,4-7,10-11,18H2,1-3H3,(H,19,20);1H. The second kappa shape index (κ2) is 9.70. The van der Waals surface area contributed by atoms with Crippen LogP contribution < -0.4 is 25.3 Å². The van der Waals surface area contributed by atoms with Gasteiger partial charge in [-0.2, -0.15) is 0 Å². The van der Waals surface area contributed by atoms with Crippen LogP contribution in [0.5, 0.6) is 17.2 Å². The normalized spacial score (nSPS) is 15.7. The van der Waals surface area contributed by atoms with E-state index in [0.29, 0.717) is 49.8 Å². The molecule has 1 aromatic rings. The lowest BCUT2D eigenvalue weighted by Gasteiger charge is -2.34. The highest BCUT2D eigenvalue weighted by Gasteiger charge is 2.38. The maximum Gasteiger partial charge on any atom is 0.227 e. The van der Waals surface area contributed by atoms with Gasteiger partial charge in [-0.1, -0.05) is 0 Å². The molecule has 0 unspecified atom stereocenters. The van der Waals surface area contributed by atoms with Crippen LogP contribution in [-0.4, -0.2) is 47.0 Å². The van der Waals surface area contributed by atoms with E-state index in [1.165, 1.54) is 0 Å². The topological polar surface area (TPSA) is 92.0 Å². The van der Waals surface area contributed by atoms with Gasteiger partial charge >= 0.3 is 0 Å². The van der Waals surface area contributed by atoms with Gasteiger partial charge in [0, 0.05) is 31.9 Å². The number of rotatable bonds is 7. The fourth-order valence-electron chi connectivity index (χ4n) is 2.89. The zero-order valence-corrected chi connectivity index (χ0v) is 15.7. The van der Waals surface area contributed by atoms with Crippen LogP contribution in [0.1, 0.15) is 18.4 Å². The van der Waals surface area contributed by atoms with Gasteiger partial charge in [0.15, 0.2) is 0 Å². The summed E-state index contributed by atoms with van der Waals surface area (Å²) in [7, 11) is 4.71. The van der Waals surface area contributed by atoms with Crippen molar-refractivity contribution in [2.45, 2.75) is 19.4 Å². The van der Waals surface area contributed by atoms with E-state index in [9.17, 15) is 4.79 Å². The third-order valence-electron chi connectivity index (χ3n) is 4.57.